The molecule has 35 heavy (non-hydrogen) atoms. The van der Waals surface area contributed by atoms with Crippen LogP contribution in [0.15, 0.2) is 60.9 Å². The maximum Gasteiger partial charge on any atom is 0.393 e. The van der Waals surface area contributed by atoms with Crippen LogP contribution < -0.4 is 10.2 Å². The molecule has 2 aromatic carbocycles. The van der Waals surface area contributed by atoms with Gasteiger partial charge in [0.25, 0.3) is 0 Å². The number of fused-ring (bicyclic) bond motifs is 1. The first-order valence-corrected chi connectivity index (χ1v) is 11.3. The molecular weight excluding hydrogens is 457 g/mol. The molecule has 1 atom stereocenters. The summed E-state index contributed by atoms with van der Waals surface area (Å²) >= 11 is 0. The van der Waals surface area contributed by atoms with Crippen LogP contribution in [0.25, 0.3) is 0 Å². The zero-order valence-electron chi connectivity index (χ0n) is 19.5. The van der Waals surface area contributed by atoms with E-state index in [9.17, 15) is 23.1 Å². The summed E-state index contributed by atoms with van der Waals surface area (Å²) in [6.07, 6.45) is -1.33. The molecule has 0 fully saturated rings. The van der Waals surface area contributed by atoms with Crippen molar-refractivity contribution in [3.63, 3.8) is 0 Å². The fourth-order valence-corrected chi connectivity index (χ4v) is 4.44. The van der Waals surface area contributed by atoms with Crippen molar-refractivity contribution >= 4 is 23.0 Å². The van der Waals surface area contributed by atoms with E-state index in [1.54, 1.807) is 12.1 Å². The number of halogens is 3. The van der Waals surface area contributed by atoms with Gasteiger partial charge in [-0.05, 0) is 60.5 Å². The van der Waals surface area contributed by atoms with E-state index in [-0.39, 0.29) is 17.2 Å². The summed E-state index contributed by atoms with van der Waals surface area (Å²) in [7, 11) is 3.93. The van der Waals surface area contributed by atoms with Crippen LogP contribution in [-0.4, -0.2) is 54.3 Å². The molecule has 1 aliphatic heterocycles. The molecule has 2 N–H and O–H groups in total. The van der Waals surface area contributed by atoms with Crippen LogP contribution >= 0.6 is 0 Å². The van der Waals surface area contributed by atoms with Crippen LogP contribution in [0, 0.1) is 0 Å². The molecule has 0 saturated heterocycles. The van der Waals surface area contributed by atoms with Gasteiger partial charge < -0.3 is 15.3 Å². The fourth-order valence-electron chi connectivity index (χ4n) is 4.44. The number of rotatable bonds is 7. The Morgan fingerprint density at radius 2 is 1.89 bits per heavy atom. The number of pyridine rings is 1. The van der Waals surface area contributed by atoms with E-state index >= 15 is 0 Å². The third-order valence-corrected chi connectivity index (χ3v) is 6.40. The Morgan fingerprint density at radius 1 is 1.17 bits per heavy atom. The van der Waals surface area contributed by atoms with Crippen molar-refractivity contribution in [3.05, 3.63) is 83.2 Å². The van der Waals surface area contributed by atoms with Gasteiger partial charge >= 0.3 is 12.1 Å². The average molecular weight is 485 g/mol. The molecule has 1 aliphatic rings. The molecule has 3 aromatic rings. The van der Waals surface area contributed by atoms with Crippen LogP contribution in [-0.2, 0) is 12.8 Å². The Hall–Kier alpha value is -3.59. The number of hydrogen-bond acceptors (Lipinski definition) is 5. The SMILES string of the molecule is CN(c1ccc(CC(F)(F)F)cc1)c1ccc2c(c1)CCN(C)[C@@H]2CNc1cnccc1C(=O)O. The molecule has 0 spiro atoms. The summed E-state index contributed by atoms with van der Waals surface area (Å²) in [4.78, 5) is 19.7. The van der Waals surface area contributed by atoms with E-state index in [4.69, 9.17) is 0 Å². The number of likely N-dealkylation sites (N-methyl/N-ethyl adjacent to an activating group) is 1. The number of nitrogens with one attached hydrogen (secondary N) is 1. The first-order valence-electron chi connectivity index (χ1n) is 11.3. The Balaban J connectivity index is 1.51. The van der Waals surface area contributed by atoms with Gasteiger partial charge in [0.15, 0.2) is 0 Å². The van der Waals surface area contributed by atoms with Crippen LogP contribution in [0.1, 0.15) is 33.1 Å². The molecule has 0 amide bonds. The second-order valence-electron chi connectivity index (χ2n) is 8.75. The lowest BCUT2D eigenvalue weighted by Crippen LogP contribution is -2.36. The quantitative estimate of drug-likeness (QED) is 0.475. The summed E-state index contributed by atoms with van der Waals surface area (Å²) in [6.45, 7) is 1.36. The smallest absolute Gasteiger partial charge is 0.393 e. The number of hydrogen-bond donors (Lipinski definition) is 2. The van der Waals surface area contributed by atoms with Gasteiger partial charge in [-0.2, -0.15) is 13.2 Å². The second-order valence-corrected chi connectivity index (χ2v) is 8.75. The van der Waals surface area contributed by atoms with E-state index in [1.807, 2.05) is 25.1 Å². The van der Waals surface area contributed by atoms with E-state index in [2.05, 4.69) is 27.3 Å². The Labute approximate surface area is 202 Å². The van der Waals surface area contributed by atoms with Crippen molar-refractivity contribution in [2.75, 3.05) is 37.4 Å². The molecule has 0 radical (unpaired) electrons. The summed E-state index contributed by atoms with van der Waals surface area (Å²) in [5.74, 6) is -1.01. The lowest BCUT2D eigenvalue weighted by Gasteiger charge is -2.36. The van der Waals surface area contributed by atoms with Crippen LogP contribution in [0.3, 0.4) is 0 Å². The predicted molar refractivity (Wildman–Crippen MR) is 129 cm³/mol. The maximum absolute atomic E-state index is 12.6. The minimum Gasteiger partial charge on any atom is -0.478 e. The minimum absolute atomic E-state index is 0.0432. The summed E-state index contributed by atoms with van der Waals surface area (Å²) in [5, 5.41) is 12.7. The lowest BCUT2D eigenvalue weighted by atomic mass is 9.92. The number of anilines is 3. The molecular formula is C26H27F3N4O2. The third kappa shape index (κ3) is 5.74. The van der Waals surface area contributed by atoms with Gasteiger partial charge in [-0.3, -0.25) is 9.88 Å². The van der Waals surface area contributed by atoms with Crippen LogP contribution in [0.4, 0.5) is 30.2 Å². The molecule has 0 aliphatic carbocycles. The molecule has 184 valence electrons. The van der Waals surface area contributed by atoms with Crippen molar-refractivity contribution in [1.29, 1.82) is 0 Å². The molecule has 0 unspecified atom stereocenters. The van der Waals surface area contributed by atoms with E-state index in [1.165, 1.54) is 36.2 Å². The number of carboxylic acid groups (broad SMARTS) is 1. The summed E-state index contributed by atoms with van der Waals surface area (Å²) < 4.78 is 37.9. The van der Waals surface area contributed by atoms with Gasteiger partial charge in [-0.25, -0.2) is 4.79 Å². The fraction of sp³-hybridized carbons (Fsp3) is 0.308. The number of benzene rings is 2. The average Bonchev–Trinajstić information content (AvgIpc) is 2.82. The standard InChI is InChI=1S/C26H27F3N4O2/c1-32-12-10-18-13-20(33(2)19-5-3-17(4-6-19)14-26(27,28)29)7-8-21(18)24(32)16-31-23-15-30-11-9-22(23)25(34)35/h3-9,11,13,15,24,31H,10,12,14,16H2,1-2H3,(H,34,35)/t24-/m1/s1. The third-order valence-electron chi connectivity index (χ3n) is 6.40. The topological polar surface area (TPSA) is 68.7 Å². The highest BCUT2D eigenvalue weighted by molar-refractivity contribution is 5.93. The molecule has 1 aromatic heterocycles. The van der Waals surface area contributed by atoms with Gasteiger partial charge in [0, 0.05) is 37.7 Å². The van der Waals surface area contributed by atoms with E-state index in [0.717, 1.165) is 29.9 Å². The molecule has 2 heterocycles. The monoisotopic (exact) mass is 484 g/mol. The Morgan fingerprint density at radius 3 is 2.57 bits per heavy atom. The second kappa shape index (κ2) is 9.95. The first kappa shape index (κ1) is 24.5. The summed E-state index contributed by atoms with van der Waals surface area (Å²) in [5.41, 5.74) is 4.99. The van der Waals surface area contributed by atoms with Gasteiger partial charge in [0.1, 0.15) is 0 Å². The predicted octanol–water partition coefficient (Wildman–Crippen LogP) is 5.29. The first-order chi connectivity index (χ1) is 16.6. The summed E-state index contributed by atoms with van der Waals surface area (Å²) in [6, 6.07) is 14.1. The van der Waals surface area contributed by atoms with Gasteiger partial charge in [0.05, 0.1) is 29.9 Å². The molecule has 6 nitrogen and oxygen atoms in total. The van der Waals surface area contributed by atoms with Crippen molar-refractivity contribution in [2.45, 2.75) is 25.1 Å². The van der Waals surface area contributed by atoms with Crippen molar-refractivity contribution in [1.82, 2.24) is 9.88 Å². The highest BCUT2D eigenvalue weighted by Crippen LogP contribution is 2.34. The Kier molecular flexibility index (Phi) is 6.98. The van der Waals surface area contributed by atoms with Gasteiger partial charge in [-0.1, -0.05) is 18.2 Å². The highest BCUT2D eigenvalue weighted by Gasteiger charge is 2.28. The van der Waals surface area contributed by atoms with Crippen molar-refractivity contribution < 1.29 is 23.1 Å². The van der Waals surface area contributed by atoms with Crippen molar-refractivity contribution in [2.24, 2.45) is 0 Å². The number of aromatic nitrogens is 1. The normalized spacial score (nSPS) is 16.0. The zero-order chi connectivity index (χ0) is 25.2. The lowest BCUT2D eigenvalue weighted by molar-refractivity contribution is -0.127. The number of nitrogens with zero attached hydrogens (tertiary/aromatic N) is 3. The molecule has 0 saturated carbocycles. The molecule has 0 bridgehead atoms. The van der Waals surface area contributed by atoms with E-state index < -0.39 is 18.6 Å². The Bertz CT molecular complexity index is 1200. The number of aromatic carboxylic acids is 1. The van der Waals surface area contributed by atoms with Crippen LogP contribution in [0.5, 0.6) is 0 Å². The number of carbonyl (C=O) groups is 1. The van der Waals surface area contributed by atoms with Crippen molar-refractivity contribution in [3.8, 4) is 0 Å². The largest absolute Gasteiger partial charge is 0.478 e. The number of carboxylic acids is 1. The highest BCUT2D eigenvalue weighted by atomic mass is 19.4. The van der Waals surface area contributed by atoms with Gasteiger partial charge in [-0.15, -0.1) is 0 Å². The molecule has 9 heteroatoms. The molecule has 4 rings (SSSR count). The van der Waals surface area contributed by atoms with E-state index in [0.29, 0.717) is 12.2 Å². The zero-order valence-corrected chi connectivity index (χ0v) is 19.5. The van der Waals surface area contributed by atoms with Crippen LogP contribution in [0.2, 0.25) is 0 Å². The maximum atomic E-state index is 12.6. The number of alkyl halides is 3. The van der Waals surface area contributed by atoms with Gasteiger partial charge in [0.2, 0.25) is 0 Å². The minimum atomic E-state index is -4.23.